The number of hydrogen-bond donors (Lipinski definition) is 0. The van der Waals surface area contributed by atoms with Crippen LogP contribution in [0.1, 0.15) is 81.8 Å². The van der Waals surface area contributed by atoms with Crippen LogP contribution in [0.2, 0.25) is 0 Å². The molecule has 6 atom stereocenters. The number of rotatable bonds is 1. The third-order valence-corrected chi connectivity index (χ3v) is 8.78. The fourth-order valence-corrected chi connectivity index (χ4v) is 7.39. The van der Waals surface area contributed by atoms with E-state index in [2.05, 4.69) is 44.2 Å². The first kappa shape index (κ1) is 16.2. The average molecular weight is 335 g/mol. The minimum atomic E-state index is 0.700. The van der Waals surface area contributed by atoms with E-state index in [1.807, 2.05) is 5.57 Å². The average Bonchev–Trinajstić information content (AvgIpc) is 3.03. The molecule has 0 N–H and O–H groups in total. The lowest BCUT2D eigenvalue weighted by Crippen LogP contribution is -2.43. The molecule has 0 amide bonds. The second kappa shape index (κ2) is 6.00. The van der Waals surface area contributed by atoms with Gasteiger partial charge in [-0.2, -0.15) is 0 Å². The first-order valence-corrected chi connectivity index (χ1v) is 10.9. The van der Waals surface area contributed by atoms with E-state index in [4.69, 9.17) is 0 Å². The van der Waals surface area contributed by atoms with Crippen molar-refractivity contribution in [3.8, 4) is 0 Å². The Hall–Kier alpha value is -1.04. The van der Waals surface area contributed by atoms with Gasteiger partial charge in [-0.05, 0) is 98.9 Å². The summed E-state index contributed by atoms with van der Waals surface area (Å²) in [5, 5.41) is 0. The highest BCUT2D eigenvalue weighted by atomic mass is 14.6. The first-order valence-electron chi connectivity index (χ1n) is 10.9. The largest absolute Gasteiger partial charge is 0.0847 e. The van der Waals surface area contributed by atoms with E-state index in [0.717, 1.165) is 29.6 Å². The van der Waals surface area contributed by atoms with E-state index in [1.54, 1.807) is 5.56 Å². The Morgan fingerprint density at radius 1 is 0.920 bits per heavy atom. The Balaban J connectivity index is 1.36. The molecule has 25 heavy (non-hydrogen) atoms. The molecule has 5 rings (SSSR count). The van der Waals surface area contributed by atoms with Crippen molar-refractivity contribution in [3.63, 3.8) is 0 Å². The van der Waals surface area contributed by atoms with Crippen LogP contribution < -0.4 is 0 Å². The van der Waals surface area contributed by atoms with Gasteiger partial charge in [0.05, 0.1) is 0 Å². The van der Waals surface area contributed by atoms with Crippen molar-refractivity contribution >= 4 is 0 Å². The van der Waals surface area contributed by atoms with Crippen LogP contribution >= 0.6 is 0 Å². The number of aryl methyl sites for hydroxylation is 1. The molecule has 0 bridgehead atoms. The summed E-state index contributed by atoms with van der Waals surface area (Å²) in [5.41, 5.74) is 5.52. The molecule has 0 heterocycles. The maximum Gasteiger partial charge on any atom is -0.0124 e. The molecule has 1 aromatic carbocycles. The lowest BCUT2D eigenvalue weighted by Gasteiger charge is -2.52. The molecule has 1 aromatic rings. The molecule has 0 heteroatoms. The molecule has 0 spiro atoms. The molecule has 0 radical (unpaired) electrons. The SMILES string of the molecule is Cc1ccc(C2CC[C@H]3C(=CC[C@@H]4[C@@H]3CC[C@]3(C)CCC[C@@H]43)C2)cc1. The van der Waals surface area contributed by atoms with Gasteiger partial charge in [-0.1, -0.05) is 54.8 Å². The van der Waals surface area contributed by atoms with E-state index >= 15 is 0 Å². The van der Waals surface area contributed by atoms with Gasteiger partial charge in [0.2, 0.25) is 0 Å². The number of fused-ring (bicyclic) bond motifs is 5. The van der Waals surface area contributed by atoms with E-state index in [-0.39, 0.29) is 0 Å². The molecule has 134 valence electrons. The molecule has 0 saturated heterocycles. The molecule has 3 fully saturated rings. The summed E-state index contributed by atoms with van der Waals surface area (Å²) >= 11 is 0. The van der Waals surface area contributed by atoms with Gasteiger partial charge < -0.3 is 0 Å². The monoisotopic (exact) mass is 334 g/mol. The zero-order valence-electron chi connectivity index (χ0n) is 16.1. The first-order chi connectivity index (χ1) is 12.1. The Morgan fingerprint density at radius 3 is 2.60 bits per heavy atom. The van der Waals surface area contributed by atoms with Gasteiger partial charge in [0.15, 0.2) is 0 Å². The van der Waals surface area contributed by atoms with E-state index in [1.165, 1.54) is 63.4 Å². The molecule has 0 nitrogen and oxygen atoms in total. The third-order valence-electron chi connectivity index (χ3n) is 8.78. The summed E-state index contributed by atoms with van der Waals surface area (Å²) in [7, 11) is 0. The van der Waals surface area contributed by atoms with Crippen molar-refractivity contribution in [2.24, 2.45) is 29.1 Å². The van der Waals surface area contributed by atoms with Gasteiger partial charge in [0.1, 0.15) is 0 Å². The smallest absolute Gasteiger partial charge is 0.0124 e. The van der Waals surface area contributed by atoms with Crippen LogP contribution in [0.5, 0.6) is 0 Å². The van der Waals surface area contributed by atoms with E-state index in [0.29, 0.717) is 5.41 Å². The van der Waals surface area contributed by atoms with E-state index < -0.39 is 0 Å². The molecular formula is C25H34. The highest BCUT2D eigenvalue weighted by Gasteiger charge is 2.51. The zero-order chi connectivity index (χ0) is 17.0. The van der Waals surface area contributed by atoms with Gasteiger partial charge >= 0.3 is 0 Å². The van der Waals surface area contributed by atoms with Gasteiger partial charge in [-0.25, -0.2) is 0 Å². The lowest BCUT2D eigenvalue weighted by atomic mass is 9.52. The van der Waals surface area contributed by atoms with Crippen LogP contribution in [-0.2, 0) is 0 Å². The van der Waals surface area contributed by atoms with Gasteiger partial charge in [-0.3, -0.25) is 0 Å². The number of hydrogen-bond acceptors (Lipinski definition) is 0. The third kappa shape index (κ3) is 2.63. The van der Waals surface area contributed by atoms with Crippen molar-refractivity contribution in [3.05, 3.63) is 47.0 Å². The van der Waals surface area contributed by atoms with E-state index in [9.17, 15) is 0 Å². The standard InChI is InChI=1S/C25H34/c1-17-5-7-18(8-6-17)19-9-11-21-20(16-19)10-12-23-22(21)13-15-25(2)14-3-4-24(23)25/h5-8,10,19,21-24H,3-4,9,11-16H2,1-2H3/t19?,21-,22+,23+,24-,25-/m0/s1. The quantitative estimate of drug-likeness (QED) is 0.483. The highest BCUT2D eigenvalue weighted by molar-refractivity contribution is 5.29. The van der Waals surface area contributed by atoms with Crippen molar-refractivity contribution < 1.29 is 0 Å². The fourth-order valence-electron chi connectivity index (χ4n) is 7.39. The summed E-state index contributed by atoms with van der Waals surface area (Å²) in [4.78, 5) is 0. The van der Waals surface area contributed by atoms with Crippen molar-refractivity contribution in [1.29, 1.82) is 0 Å². The molecule has 0 aliphatic heterocycles. The molecule has 1 unspecified atom stereocenters. The van der Waals surface area contributed by atoms with Crippen molar-refractivity contribution in [2.75, 3.05) is 0 Å². The van der Waals surface area contributed by atoms with Crippen molar-refractivity contribution in [2.45, 2.75) is 77.6 Å². The number of benzene rings is 1. The maximum absolute atomic E-state index is 2.72. The van der Waals surface area contributed by atoms with Crippen LogP contribution in [-0.4, -0.2) is 0 Å². The van der Waals surface area contributed by atoms with Crippen molar-refractivity contribution in [1.82, 2.24) is 0 Å². The van der Waals surface area contributed by atoms with Crippen LogP contribution in [0.25, 0.3) is 0 Å². The minimum absolute atomic E-state index is 0.700. The summed E-state index contributed by atoms with van der Waals surface area (Å²) in [6, 6.07) is 9.37. The molecule has 4 aliphatic rings. The maximum atomic E-state index is 2.72. The number of allylic oxidation sites excluding steroid dienone is 2. The fraction of sp³-hybridized carbons (Fsp3) is 0.680. The summed E-state index contributed by atoms with van der Waals surface area (Å²) in [6.45, 7) is 4.82. The van der Waals surface area contributed by atoms with Crippen LogP contribution in [0, 0.1) is 36.0 Å². The van der Waals surface area contributed by atoms with Gasteiger partial charge in [0.25, 0.3) is 0 Å². The molecule has 0 aromatic heterocycles. The molecule has 3 saturated carbocycles. The Labute approximate surface area is 154 Å². The topological polar surface area (TPSA) is 0 Å². The Bertz CT molecular complexity index is 666. The second-order valence-electron chi connectivity index (χ2n) is 10.0. The van der Waals surface area contributed by atoms with Gasteiger partial charge in [0, 0.05) is 0 Å². The van der Waals surface area contributed by atoms with Crippen LogP contribution in [0.15, 0.2) is 35.9 Å². The Morgan fingerprint density at radius 2 is 1.76 bits per heavy atom. The normalized spacial score (nSPS) is 43.0. The van der Waals surface area contributed by atoms with Gasteiger partial charge in [-0.15, -0.1) is 0 Å². The summed E-state index contributed by atoms with van der Waals surface area (Å²) in [6.07, 6.45) is 15.9. The predicted octanol–water partition coefficient (Wildman–Crippen LogP) is 7.04. The lowest BCUT2D eigenvalue weighted by molar-refractivity contribution is 0.00912. The highest BCUT2D eigenvalue weighted by Crippen LogP contribution is 2.61. The Kier molecular flexibility index (Phi) is 3.88. The minimum Gasteiger partial charge on any atom is -0.0847 e. The zero-order valence-corrected chi connectivity index (χ0v) is 16.1. The predicted molar refractivity (Wildman–Crippen MR) is 106 cm³/mol. The molecule has 4 aliphatic carbocycles. The van der Waals surface area contributed by atoms with Crippen LogP contribution in [0.4, 0.5) is 0 Å². The second-order valence-corrected chi connectivity index (χ2v) is 10.0. The molecular weight excluding hydrogens is 300 g/mol. The van der Waals surface area contributed by atoms with Crippen LogP contribution in [0.3, 0.4) is 0 Å². The summed E-state index contributed by atoms with van der Waals surface area (Å²) < 4.78 is 0. The summed E-state index contributed by atoms with van der Waals surface area (Å²) in [5.74, 6) is 4.80.